The van der Waals surface area contributed by atoms with Crippen molar-refractivity contribution in [1.29, 1.82) is 0 Å². The number of hydrogen-bond donors (Lipinski definition) is 0. The van der Waals surface area contributed by atoms with Gasteiger partial charge in [0.05, 0.1) is 22.4 Å². The van der Waals surface area contributed by atoms with Crippen LogP contribution in [-0.2, 0) is 0 Å². The summed E-state index contributed by atoms with van der Waals surface area (Å²) < 4.78 is 2.36. The number of fused-ring (bicyclic) bond motifs is 8. The lowest BCUT2D eigenvalue weighted by Crippen LogP contribution is -1.97. The van der Waals surface area contributed by atoms with Crippen LogP contribution >= 0.6 is 0 Å². The Labute approximate surface area is 376 Å². The summed E-state index contributed by atoms with van der Waals surface area (Å²) in [5.41, 5.74) is 13.1. The summed E-state index contributed by atoms with van der Waals surface area (Å²) in [6, 6.07) is 85.2. The fraction of sp³-hybridized carbons (Fsp3) is 0. The molecule has 0 saturated carbocycles. The quantitative estimate of drug-likeness (QED) is 0.123. The zero-order valence-electron chi connectivity index (χ0n) is 35.4. The second-order valence-electron chi connectivity index (χ2n) is 16.9. The summed E-state index contributed by atoms with van der Waals surface area (Å²) in [7, 11) is 0. The number of benzene rings is 11. The predicted molar refractivity (Wildman–Crippen MR) is 274 cm³/mol. The predicted octanol–water partition coefficient (Wildman–Crippen LogP) is 16.5. The lowest BCUT2D eigenvalue weighted by molar-refractivity contribution is 1.18. The molecule has 0 atom stereocenters. The molecule has 0 aliphatic carbocycles. The van der Waals surface area contributed by atoms with E-state index in [2.05, 4.69) is 235 Å². The van der Waals surface area contributed by atoms with E-state index in [0.29, 0.717) is 5.82 Å². The molecule has 65 heavy (non-hydrogen) atoms. The van der Waals surface area contributed by atoms with Crippen LogP contribution in [0.4, 0.5) is 0 Å². The second-order valence-corrected chi connectivity index (χ2v) is 16.9. The molecule has 0 fully saturated rings. The van der Waals surface area contributed by atoms with Gasteiger partial charge in [0.25, 0.3) is 0 Å². The molecule has 13 rings (SSSR count). The first-order chi connectivity index (χ1) is 32.2. The standard InChI is InChI=1S/C62H39N3/c1-3-17-43(18-4-1)62-63-56(39-57(64-62)53-27-15-29-59-61(53)54-26-13-14-28-58(54)65(59)45-20-5-2-6-21-45)51-37-36-47(49-24-11-12-25-50(49)51)41-30-32-42(33-31-41)60-48-23-10-8-19-44(48)38-55-46-22-9-7-16-40(46)34-35-52(55)60/h1-39H. The van der Waals surface area contributed by atoms with Gasteiger partial charge in [-0.1, -0.05) is 200 Å². The highest BCUT2D eigenvalue weighted by Gasteiger charge is 2.20. The highest BCUT2D eigenvalue weighted by Crippen LogP contribution is 2.43. The molecule has 2 heterocycles. The Morgan fingerprint density at radius 1 is 0.292 bits per heavy atom. The fourth-order valence-corrected chi connectivity index (χ4v) is 10.2. The molecule has 0 amide bonds. The largest absolute Gasteiger partial charge is 0.309 e. The average Bonchev–Trinajstić information content (AvgIpc) is 3.73. The van der Waals surface area contributed by atoms with E-state index in [0.717, 1.165) is 50.2 Å². The van der Waals surface area contributed by atoms with Crippen molar-refractivity contribution in [3.63, 3.8) is 0 Å². The summed E-state index contributed by atoms with van der Waals surface area (Å²) in [6.07, 6.45) is 0. The Morgan fingerprint density at radius 2 is 0.877 bits per heavy atom. The maximum Gasteiger partial charge on any atom is 0.160 e. The van der Waals surface area contributed by atoms with Gasteiger partial charge in [-0.3, -0.25) is 0 Å². The Hall–Kier alpha value is -8.66. The highest BCUT2D eigenvalue weighted by molar-refractivity contribution is 6.20. The summed E-state index contributed by atoms with van der Waals surface area (Å²) in [5.74, 6) is 0.694. The molecule has 0 aliphatic rings. The highest BCUT2D eigenvalue weighted by atomic mass is 15.0. The summed E-state index contributed by atoms with van der Waals surface area (Å²) >= 11 is 0. The molecule has 0 N–H and O–H groups in total. The number of para-hydroxylation sites is 2. The molecule has 302 valence electrons. The van der Waals surface area contributed by atoms with Crippen molar-refractivity contribution in [2.75, 3.05) is 0 Å². The smallest absolute Gasteiger partial charge is 0.160 e. The van der Waals surface area contributed by atoms with Gasteiger partial charge in [-0.2, -0.15) is 0 Å². The van der Waals surface area contributed by atoms with Crippen molar-refractivity contribution in [3.8, 4) is 61.8 Å². The van der Waals surface area contributed by atoms with Crippen LogP contribution in [0.3, 0.4) is 0 Å². The van der Waals surface area contributed by atoms with Gasteiger partial charge in [0, 0.05) is 33.2 Å². The van der Waals surface area contributed by atoms with Crippen LogP contribution in [0.1, 0.15) is 0 Å². The molecular weight excluding hydrogens is 787 g/mol. The summed E-state index contributed by atoms with van der Waals surface area (Å²) in [6.45, 7) is 0. The van der Waals surface area contributed by atoms with Crippen molar-refractivity contribution in [3.05, 3.63) is 237 Å². The van der Waals surface area contributed by atoms with Crippen LogP contribution in [0, 0.1) is 0 Å². The van der Waals surface area contributed by atoms with Crippen LogP contribution in [0.25, 0.3) is 127 Å². The van der Waals surface area contributed by atoms with Crippen LogP contribution < -0.4 is 0 Å². The van der Waals surface area contributed by atoms with Crippen molar-refractivity contribution in [2.24, 2.45) is 0 Å². The topological polar surface area (TPSA) is 30.7 Å². The van der Waals surface area contributed by atoms with Crippen LogP contribution in [0.2, 0.25) is 0 Å². The third-order valence-electron chi connectivity index (χ3n) is 13.2. The first-order valence-electron chi connectivity index (χ1n) is 22.2. The fourth-order valence-electron chi connectivity index (χ4n) is 10.2. The van der Waals surface area contributed by atoms with Gasteiger partial charge < -0.3 is 4.57 Å². The zero-order chi connectivity index (χ0) is 42.8. The van der Waals surface area contributed by atoms with Crippen molar-refractivity contribution < 1.29 is 0 Å². The molecule has 0 radical (unpaired) electrons. The minimum atomic E-state index is 0.694. The number of nitrogens with zero attached hydrogens (tertiary/aromatic N) is 3. The summed E-state index contributed by atoms with van der Waals surface area (Å²) in [4.78, 5) is 10.7. The van der Waals surface area contributed by atoms with E-state index in [-0.39, 0.29) is 0 Å². The molecule has 11 aromatic carbocycles. The van der Waals surface area contributed by atoms with Gasteiger partial charge >= 0.3 is 0 Å². The van der Waals surface area contributed by atoms with Gasteiger partial charge in [0.1, 0.15) is 0 Å². The molecule has 3 nitrogen and oxygen atoms in total. The summed E-state index contributed by atoms with van der Waals surface area (Å²) in [5, 5.41) is 12.3. The van der Waals surface area contributed by atoms with Crippen LogP contribution in [0.15, 0.2) is 237 Å². The molecule has 3 heteroatoms. The van der Waals surface area contributed by atoms with Gasteiger partial charge in [-0.05, 0) is 102 Å². The van der Waals surface area contributed by atoms with Gasteiger partial charge in [-0.15, -0.1) is 0 Å². The Kier molecular flexibility index (Phi) is 8.53. The molecule has 0 unspecified atom stereocenters. The minimum absolute atomic E-state index is 0.694. The molecule has 0 spiro atoms. The van der Waals surface area contributed by atoms with E-state index in [9.17, 15) is 0 Å². The molecule has 0 saturated heterocycles. The molecular formula is C62H39N3. The van der Waals surface area contributed by atoms with E-state index in [1.807, 2.05) is 6.07 Å². The van der Waals surface area contributed by atoms with Gasteiger partial charge in [0.15, 0.2) is 5.82 Å². The molecule has 0 bridgehead atoms. The van der Waals surface area contributed by atoms with E-state index in [1.54, 1.807) is 0 Å². The Balaban J connectivity index is 0.968. The van der Waals surface area contributed by atoms with Crippen molar-refractivity contribution >= 4 is 64.9 Å². The minimum Gasteiger partial charge on any atom is -0.309 e. The monoisotopic (exact) mass is 825 g/mol. The number of hydrogen-bond acceptors (Lipinski definition) is 2. The molecule has 2 aromatic heterocycles. The lowest BCUT2D eigenvalue weighted by Gasteiger charge is -2.16. The van der Waals surface area contributed by atoms with E-state index in [4.69, 9.17) is 9.97 Å². The van der Waals surface area contributed by atoms with E-state index >= 15 is 0 Å². The molecule has 0 aliphatic heterocycles. The van der Waals surface area contributed by atoms with E-state index in [1.165, 1.54) is 70.7 Å². The maximum absolute atomic E-state index is 5.35. The van der Waals surface area contributed by atoms with Crippen LogP contribution in [-0.4, -0.2) is 14.5 Å². The Morgan fingerprint density at radius 3 is 1.66 bits per heavy atom. The van der Waals surface area contributed by atoms with Crippen molar-refractivity contribution in [2.45, 2.75) is 0 Å². The van der Waals surface area contributed by atoms with Gasteiger partial charge in [0.2, 0.25) is 0 Å². The first-order valence-corrected chi connectivity index (χ1v) is 22.2. The Bertz CT molecular complexity index is 3980. The lowest BCUT2D eigenvalue weighted by atomic mass is 9.88. The van der Waals surface area contributed by atoms with Crippen molar-refractivity contribution in [1.82, 2.24) is 14.5 Å². The molecule has 13 aromatic rings. The van der Waals surface area contributed by atoms with E-state index < -0.39 is 0 Å². The SMILES string of the molecule is c1ccc(-c2nc(-c3ccc(-c4ccc(-c5c6ccccc6cc6c5ccc5ccccc56)cc4)c4ccccc34)cc(-c3cccc4c3c3ccccc3n4-c3ccccc3)n2)cc1. The van der Waals surface area contributed by atoms with Gasteiger partial charge in [-0.25, -0.2) is 9.97 Å². The third-order valence-corrected chi connectivity index (χ3v) is 13.2. The normalized spacial score (nSPS) is 11.7. The second kappa shape index (κ2) is 15.0. The zero-order valence-corrected chi connectivity index (χ0v) is 35.4. The number of rotatable bonds is 6. The third kappa shape index (κ3) is 6.05. The first kappa shape index (κ1) is 36.9. The number of aromatic nitrogens is 3. The van der Waals surface area contributed by atoms with Crippen LogP contribution in [0.5, 0.6) is 0 Å². The maximum atomic E-state index is 5.35. The average molecular weight is 826 g/mol.